The van der Waals surface area contributed by atoms with Gasteiger partial charge in [-0.05, 0) is 35.9 Å². The van der Waals surface area contributed by atoms with Crippen molar-refractivity contribution < 1.29 is 27.5 Å². The van der Waals surface area contributed by atoms with Gasteiger partial charge in [-0.15, -0.1) is 0 Å². The lowest BCUT2D eigenvalue weighted by molar-refractivity contribution is -0.124. The van der Waals surface area contributed by atoms with E-state index in [1.54, 1.807) is 19.2 Å². The highest BCUT2D eigenvalue weighted by molar-refractivity contribution is 7.89. The molecule has 0 atom stereocenters. The van der Waals surface area contributed by atoms with Crippen LogP contribution in [0.4, 0.5) is 0 Å². The van der Waals surface area contributed by atoms with E-state index in [4.69, 9.17) is 9.47 Å². The molecule has 0 aliphatic carbocycles. The predicted molar refractivity (Wildman–Crippen MR) is 102 cm³/mol. The van der Waals surface area contributed by atoms with E-state index in [9.17, 15) is 18.0 Å². The second kappa shape index (κ2) is 9.34. The molecule has 0 fully saturated rings. The second-order valence-corrected chi connectivity index (χ2v) is 8.17. The molecule has 1 amide bonds. The molecule has 0 saturated carbocycles. The molecule has 0 radical (unpaired) electrons. The van der Waals surface area contributed by atoms with Gasteiger partial charge in [-0.25, -0.2) is 17.5 Å². The molecule has 150 valence electrons. The number of methoxy groups -OCH3 is 1. The lowest BCUT2D eigenvalue weighted by atomic mass is 10.2. The van der Waals surface area contributed by atoms with E-state index in [0.29, 0.717) is 5.75 Å². The maximum absolute atomic E-state index is 12.1. The van der Waals surface area contributed by atoms with Gasteiger partial charge in [0.2, 0.25) is 10.0 Å². The zero-order chi connectivity index (χ0) is 20.7. The highest BCUT2D eigenvalue weighted by Crippen LogP contribution is 2.15. The summed E-state index contributed by atoms with van der Waals surface area (Å²) in [6, 6.07) is 12.6. The summed E-state index contributed by atoms with van der Waals surface area (Å²) in [4.78, 5) is 24.0. The first kappa shape index (κ1) is 21.4. The Balaban J connectivity index is 1.90. The van der Waals surface area contributed by atoms with Crippen LogP contribution in [0.2, 0.25) is 0 Å². The highest BCUT2D eigenvalue weighted by atomic mass is 32.2. The third-order valence-electron chi connectivity index (χ3n) is 3.83. The fourth-order valence-corrected chi connectivity index (χ4v) is 3.15. The standard InChI is InChI=1S/C19H22N2O6S/c1-21(2)28(24,25)17-6-4-5-15(11-17)19(23)27-13-18(22)20-12-14-7-9-16(26-3)10-8-14/h4-11H,12-13H2,1-3H3,(H,20,22). The van der Waals surface area contributed by atoms with E-state index in [2.05, 4.69) is 5.32 Å². The molecule has 0 saturated heterocycles. The molecule has 0 aromatic heterocycles. The first-order valence-corrected chi connectivity index (χ1v) is 9.77. The number of rotatable bonds is 8. The minimum Gasteiger partial charge on any atom is -0.497 e. The van der Waals surface area contributed by atoms with Crippen LogP contribution < -0.4 is 10.1 Å². The van der Waals surface area contributed by atoms with Crippen LogP contribution in [-0.4, -0.2) is 52.4 Å². The van der Waals surface area contributed by atoms with Crippen molar-refractivity contribution in [2.24, 2.45) is 0 Å². The molecule has 9 heteroatoms. The van der Waals surface area contributed by atoms with Crippen LogP contribution in [0.15, 0.2) is 53.4 Å². The van der Waals surface area contributed by atoms with Crippen LogP contribution in [0, 0.1) is 0 Å². The number of hydrogen-bond donors (Lipinski definition) is 1. The fraction of sp³-hybridized carbons (Fsp3) is 0.263. The van der Waals surface area contributed by atoms with Crippen LogP contribution in [0.3, 0.4) is 0 Å². The molecule has 0 aliphatic heterocycles. The number of sulfonamides is 1. The fourth-order valence-electron chi connectivity index (χ4n) is 2.20. The Bertz CT molecular complexity index is 939. The number of esters is 1. The summed E-state index contributed by atoms with van der Waals surface area (Å²) in [5.74, 6) is -0.542. The largest absolute Gasteiger partial charge is 0.497 e. The van der Waals surface area contributed by atoms with Gasteiger partial charge in [0.15, 0.2) is 6.61 Å². The molecule has 0 heterocycles. The number of benzene rings is 2. The van der Waals surface area contributed by atoms with Crippen molar-refractivity contribution in [3.05, 3.63) is 59.7 Å². The molecule has 1 N–H and O–H groups in total. The number of amides is 1. The first-order valence-electron chi connectivity index (χ1n) is 8.33. The monoisotopic (exact) mass is 406 g/mol. The summed E-state index contributed by atoms with van der Waals surface area (Å²) in [6.07, 6.45) is 0. The average molecular weight is 406 g/mol. The number of carbonyl (C=O) groups is 2. The Morgan fingerprint density at radius 1 is 1.07 bits per heavy atom. The molecule has 2 aromatic rings. The maximum Gasteiger partial charge on any atom is 0.338 e. The van der Waals surface area contributed by atoms with Gasteiger partial charge in [-0.3, -0.25) is 4.79 Å². The minimum atomic E-state index is -3.67. The minimum absolute atomic E-state index is 0.0316. The first-order chi connectivity index (χ1) is 13.2. The van der Waals surface area contributed by atoms with E-state index in [0.717, 1.165) is 9.87 Å². The SMILES string of the molecule is COc1ccc(CNC(=O)COC(=O)c2cccc(S(=O)(=O)N(C)C)c2)cc1. The molecule has 0 aliphatic rings. The van der Waals surface area contributed by atoms with Gasteiger partial charge in [-0.1, -0.05) is 18.2 Å². The van der Waals surface area contributed by atoms with Gasteiger partial charge in [0.25, 0.3) is 5.91 Å². The number of nitrogens with one attached hydrogen (secondary N) is 1. The van der Waals surface area contributed by atoms with Gasteiger partial charge >= 0.3 is 5.97 Å². The van der Waals surface area contributed by atoms with Crippen molar-refractivity contribution in [3.63, 3.8) is 0 Å². The lowest BCUT2D eigenvalue weighted by Gasteiger charge is -2.12. The van der Waals surface area contributed by atoms with Crippen molar-refractivity contribution in [1.29, 1.82) is 0 Å². The van der Waals surface area contributed by atoms with Gasteiger partial charge in [0.05, 0.1) is 17.6 Å². The zero-order valence-corrected chi connectivity index (χ0v) is 16.7. The van der Waals surface area contributed by atoms with E-state index in [1.807, 2.05) is 12.1 Å². The van der Waals surface area contributed by atoms with Crippen molar-refractivity contribution in [3.8, 4) is 5.75 Å². The van der Waals surface area contributed by atoms with Crippen molar-refractivity contribution in [2.75, 3.05) is 27.8 Å². The van der Waals surface area contributed by atoms with Crippen molar-refractivity contribution in [1.82, 2.24) is 9.62 Å². The summed E-state index contributed by atoms with van der Waals surface area (Å²) in [6.45, 7) is -0.198. The zero-order valence-electron chi connectivity index (χ0n) is 15.8. The third-order valence-corrected chi connectivity index (χ3v) is 5.64. The normalized spacial score (nSPS) is 11.1. The smallest absolute Gasteiger partial charge is 0.338 e. The topological polar surface area (TPSA) is 102 Å². The Morgan fingerprint density at radius 3 is 2.36 bits per heavy atom. The Hall–Kier alpha value is -2.91. The maximum atomic E-state index is 12.1. The Labute approximate surface area is 164 Å². The van der Waals surface area contributed by atoms with Crippen LogP contribution >= 0.6 is 0 Å². The van der Waals surface area contributed by atoms with Gasteiger partial charge in [0, 0.05) is 20.6 Å². The molecule has 8 nitrogen and oxygen atoms in total. The molecule has 0 unspecified atom stereocenters. The molecule has 0 bridgehead atoms. The Kier molecular flexibility index (Phi) is 7.13. The summed E-state index contributed by atoms with van der Waals surface area (Å²) in [7, 11) is 0.688. The quantitative estimate of drug-likeness (QED) is 0.665. The van der Waals surface area contributed by atoms with E-state index < -0.39 is 28.5 Å². The molecule has 28 heavy (non-hydrogen) atoms. The predicted octanol–water partition coefficient (Wildman–Crippen LogP) is 1.42. The van der Waals surface area contributed by atoms with Gasteiger partial charge in [0.1, 0.15) is 5.75 Å². The summed E-state index contributed by atoms with van der Waals surface area (Å²) in [5.41, 5.74) is 0.910. The Morgan fingerprint density at radius 2 is 1.75 bits per heavy atom. The summed E-state index contributed by atoms with van der Waals surface area (Å²) >= 11 is 0. The second-order valence-electron chi connectivity index (χ2n) is 6.02. The van der Waals surface area contributed by atoms with Gasteiger partial charge in [-0.2, -0.15) is 0 Å². The molecular formula is C19H22N2O6S. The molecule has 0 spiro atoms. The van der Waals surface area contributed by atoms with Crippen LogP contribution in [0.25, 0.3) is 0 Å². The summed E-state index contributed by atoms with van der Waals surface area (Å²) in [5, 5.41) is 2.63. The molecule has 2 aromatic carbocycles. The number of nitrogens with zero attached hydrogens (tertiary/aromatic N) is 1. The number of hydrogen-bond acceptors (Lipinski definition) is 6. The van der Waals surface area contributed by atoms with E-state index in [1.165, 1.54) is 38.4 Å². The number of ether oxygens (including phenoxy) is 2. The van der Waals surface area contributed by atoms with Gasteiger partial charge < -0.3 is 14.8 Å². The van der Waals surface area contributed by atoms with E-state index >= 15 is 0 Å². The third kappa shape index (κ3) is 5.54. The van der Waals surface area contributed by atoms with Crippen molar-refractivity contribution >= 4 is 21.9 Å². The summed E-state index contributed by atoms with van der Waals surface area (Å²) < 4.78 is 35.3. The van der Waals surface area contributed by atoms with E-state index in [-0.39, 0.29) is 17.0 Å². The molecule has 2 rings (SSSR count). The average Bonchev–Trinajstić information content (AvgIpc) is 2.70. The van der Waals surface area contributed by atoms with Crippen LogP contribution in [0.5, 0.6) is 5.75 Å². The van der Waals surface area contributed by atoms with Crippen LogP contribution in [0.1, 0.15) is 15.9 Å². The lowest BCUT2D eigenvalue weighted by Crippen LogP contribution is -2.28. The van der Waals surface area contributed by atoms with Crippen LogP contribution in [-0.2, 0) is 26.1 Å². The molecular weight excluding hydrogens is 384 g/mol. The highest BCUT2D eigenvalue weighted by Gasteiger charge is 2.19. The van der Waals surface area contributed by atoms with Crippen molar-refractivity contribution in [2.45, 2.75) is 11.4 Å². The number of carbonyl (C=O) groups excluding carboxylic acids is 2.